The zero-order valence-electron chi connectivity index (χ0n) is 10.3. The van der Waals surface area contributed by atoms with E-state index < -0.39 is 18.7 Å². The molecule has 0 aliphatic rings. The van der Waals surface area contributed by atoms with Crippen molar-refractivity contribution in [2.45, 2.75) is 6.18 Å². The van der Waals surface area contributed by atoms with Crippen LogP contribution in [-0.2, 0) is 4.74 Å². The molecule has 0 saturated heterocycles. The molecule has 0 aliphatic heterocycles. The van der Waals surface area contributed by atoms with Crippen LogP contribution in [0.25, 0.3) is 0 Å². The molecule has 0 radical (unpaired) electrons. The molecule has 8 heteroatoms. The predicted octanol–water partition coefficient (Wildman–Crippen LogP) is 1.40. The molecule has 1 rings (SSSR count). The van der Waals surface area contributed by atoms with E-state index in [1.54, 1.807) is 11.4 Å². The monoisotopic (exact) mass is 307 g/mol. The van der Waals surface area contributed by atoms with Crippen LogP contribution in [0.2, 0.25) is 0 Å². The number of thiophene rings is 1. The second-order valence-corrected chi connectivity index (χ2v) is 4.49. The van der Waals surface area contributed by atoms with Gasteiger partial charge in [-0.2, -0.15) is 13.2 Å². The van der Waals surface area contributed by atoms with Gasteiger partial charge in [-0.15, -0.1) is 11.3 Å². The van der Waals surface area contributed by atoms with Crippen molar-refractivity contribution in [3.05, 3.63) is 21.9 Å². The topological polar surface area (TPSA) is 58.6 Å². The molecule has 1 aromatic heterocycles. The van der Waals surface area contributed by atoms with Crippen LogP contribution in [-0.4, -0.2) is 43.6 Å². The van der Waals surface area contributed by atoms with Gasteiger partial charge < -0.3 is 15.2 Å². The summed E-state index contributed by atoms with van der Waals surface area (Å²) >= 11 is 1.24. The molecule has 0 bridgehead atoms. The maximum Gasteiger partial charge on any atom is 0.411 e. The minimum atomic E-state index is -4.36. The fourth-order valence-electron chi connectivity index (χ4n) is 1.17. The van der Waals surface area contributed by atoms with Crippen molar-refractivity contribution < 1.29 is 27.8 Å². The highest BCUT2D eigenvalue weighted by Crippen LogP contribution is 2.14. The highest BCUT2D eigenvalue weighted by atomic mass is 32.1. The van der Waals surface area contributed by atoms with Gasteiger partial charge in [0.2, 0.25) is 0 Å². The predicted molar refractivity (Wildman–Crippen MR) is 67.5 cm³/mol. The maximum absolute atomic E-state index is 11.8. The van der Waals surface area contributed by atoms with Crippen molar-refractivity contribution in [2.75, 3.05) is 26.4 Å². The van der Waals surface area contributed by atoms with Crippen LogP contribution in [0.3, 0.4) is 0 Å². The first-order valence-electron chi connectivity index (χ1n) is 5.53. The Morgan fingerprint density at radius 3 is 2.90 bits per heavy atom. The van der Waals surface area contributed by atoms with Gasteiger partial charge in [-0.05, 0) is 6.07 Å². The zero-order valence-corrected chi connectivity index (χ0v) is 11.1. The van der Waals surface area contributed by atoms with Crippen LogP contribution in [0.5, 0.6) is 0 Å². The molecule has 1 amide bonds. The number of hydrogen-bond donors (Lipinski definition) is 2. The number of rotatable bonds is 5. The van der Waals surface area contributed by atoms with Gasteiger partial charge in [-0.1, -0.05) is 11.8 Å². The van der Waals surface area contributed by atoms with Gasteiger partial charge in [-0.25, -0.2) is 0 Å². The summed E-state index contributed by atoms with van der Waals surface area (Å²) in [6.07, 6.45) is -4.36. The van der Waals surface area contributed by atoms with Crippen LogP contribution in [0.1, 0.15) is 15.2 Å². The van der Waals surface area contributed by atoms with E-state index >= 15 is 0 Å². The molecule has 0 aliphatic carbocycles. The van der Waals surface area contributed by atoms with E-state index in [9.17, 15) is 18.0 Å². The molecule has 0 atom stereocenters. The molecule has 4 nitrogen and oxygen atoms in total. The maximum atomic E-state index is 11.8. The first kappa shape index (κ1) is 16.5. The SMILES string of the molecule is O=C(NCCOCC(F)(F)F)c1csc(C#CCO)c1. The highest BCUT2D eigenvalue weighted by molar-refractivity contribution is 7.10. The number of alkyl halides is 3. The van der Waals surface area contributed by atoms with Crippen molar-refractivity contribution >= 4 is 17.2 Å². The summed E-state index contributed by atoms with van der Waals surface area (Å²) < 4.78 is 39.7. The van der Waals surface area contributed by atoms with Crippen molar-refractivity contribution in [2.24, 2.45) is 0 Å². The Balaban J connectivity index is 2.31. The van der Waals surface area contributed by atoms with Crippen LogP contribution < -0.4 is 5.32 Å². The number of nitrogens with one attached hydrogen (secondary N) is 1. The van der Waals surface area contributed by atoms with Gasteiger partial charge in [0, 0.05) is 11.9 Å². The van der Waals surface area contributed by atoms with E-state index in [0.717, 1.165) is 0 Å². The lowest BCUT2D eigenvalue weighted by atomic mass is 10.3. The molecule has 0 aromatic carbocycles. The number of carbonyl (C=O) groups excluding carboxylic acids is 1. The van der Waals surface area contributed by atoms with E-state index in [-0.39, 0.29) is 19.8 Å². The number of aliphatic hydroxyl groups excluding tert-OH is 1. The molecule has 2 N–H and O–H groups in total. The van der Waals surface area contributed by atoms with Crippen molar-refractivity contribution in [3.63, 3.8) is 0 Å². The van der Waals surface area contributed by atoms with Crippen molar-refractivity contribution in [1.29, 1.82) is 0 Å². The second kappa shape index (κ2) is 7.89. The normalized spacial score (nSPS) is 10.8. The molecule has 0 spiro atoms. The first-order valence-corrected chi connectivity index (χ1v) is 6.41. The van der Waals surface area contributed by atoms with E-state index in [2.05, 4.69) is 21.9 Å². The fourth-order valence-corrected chi connectivity index (χ4v) is 1.93. The summed E-state index contributed by atoms with van der Waals surface area (Å²) in [6, 6.07) is 1.54. The lowest BCUT2D eigenvalue weighted by molar-refractivity contribution is -0.173. The van der Waals surface area contributed by atoms with Gasteiger partial charge in [0.15, 0.2) is 0 Å². The summed E-state index contributed by atoms with van der Waals surface area (Å²) in [7, 11) is 0. The molecule has 110 valence electrons. The van der Waals surface area contributed by atoms with Crippen LogP contribution in [0.4, 0.5) is 13.2 Å². The molecule has 1 heterocycles. The van der Waals surface area contributed by atoms with E-state index in [0.29, 0.717) is 10.4 Å². The number of halogens is 3. The number of aliphatic hydroxyl groups is 1. The third-order valence-corrected chi connectivity index (χ3v) is 2.80. The van der Waals surface area contributed by atoms with Crippen LogP contribution in [0.15, 0.2) is 11.4 Å². The van der Waals surface area contributed by atoms with Gasteiger partial charge in [0.25, 0.3) is 5.91 Å². The minimum Gasteiger partial charge on any atom is -0.384 e. The third-order valence-electron chi connectivity index (χ3n) is 1.95. The molecular formula is C12H12F3NO3S. The van der Waals surface area contributed by atoms with Crippen molar-refractivity contribution in [1.82, 2.24) is 5.32 Å². The standard InChI is InChI=1S/C12H12F3NO3S/c13-12(14,15)8-19-5-3-16-11(18)9-6-10(20-7-9)2-1-4-17/h6-7,17H,3-5,8H2,(H,16,18). The Morgan fingerprint density at radius 1 is 1.50 bits per heavy atom. The fraction of sp³-hybridized carbons (Fsp3) is 0.417. The van der Waals surface area contributed by atoms with E-state index in [1.165, 1.54) is 11.3 Å². The average Bonchev–Trinajstić information content (AvgIpc) is 2.83. The molecular weight excluding hydrogens is 295 g/mol. The van der Waals surface area contributed by atoms with Crippen molar-refractivity contribution in [3.8, 4) is 11.8 Å². The lowest BCUT2D eigenvalue weighted by Gasteiger charge is -2.07. The zero-order chi connectivity index (χ0) is 15.0. The third kappa shape index (κ3) is 6.56. The van der Waals surface area contributed by atoms with Gasteiger partial charge in [0.1, 0.15) is 13.2 Å². The van der Waals surface area contributed by atoms with Crippen LogP contribution in [0, 0.1) is 11.8 Å². The summed E-state index contributed by atoms with van der Waals surface area (Å²) in [5.41, 5.74) is 0.369. The second-order valence-electron chi connectivity index (χ2n) is 3.58. The highest BCUT2D eigenvalue weighted by Gasteiger charge is 2.27. The average molecular weight is 307 g/mol. The molecule has 0 unspecified atom stereocenters. The quantitative estimate of drug-likeness (QED) is 0.638. The van der Waals surface area contributed by atoms with Gasteiger partial charge in [-0.3, -0.25) is 4.79 Å². The number of ether oxygens (including phenoxy) is 1. The van der Waals surface area contributed by atoms with Gasteiger partial charge >= 0.3 is 6.18 Å². The lowest BCUT2D eigenvalue weighted by Crippen LogP contribution is -2.28. The Kier molecular flexibility index (Phi) is 6.51. The summed E-state index contributed by atoms with van der Waals surface area (Å²) in [5, 5.41) is 12.5. The number of hydrogen-bond acceptors (Lipinski definition) is 4. The number of amides is 1. The number of carbonyl (C=O) groups is 1. The summed E-state index contributed by atoms with van der Waals surface area (Å²) in [6.45, 7) is -1.83. The van der Waals surface area contributed by atoms with Crippen LogP contribution >= 0.6 is 11.3 Å². The minimum absolute atomic E-state index is 0.0115. The first-order chi connectivity index (χ1) is 9.42. The summed E-state index contributed by atoms with van der Waals surface area (Å²) in [5.74, 6) is 4.69. The molecule has 0 fully saturated rings. The van der Waals surface area contributed by atoms with Gasteiger partial charge in [0.05, 0.1) is 17.0 Å². The Labute approximate surface area is 117 Å². The molecule has 20 heavy (non-hydrogen) atoms. The molecule has 0 saturated carbocycles. The van der Waals surface area contributed by atoms with E-state index in [1.807, 2.05) is 0 Å². The summed E-state index contributed by atoms with van der Waals surface area (Å²) in [4.78, 5) is 12.2. The Hall–Kier alpha value is -1.56. The van der Waals surface area contributed by atoms with E-state index in [4.69, 9.17) is 5.11 Å². The Bertz CT molecular complexity index is 502. The smallest absolute Gasteiger partial charge is 0.384 e. The Morgan fingerprint density at radius 2 is 2.25 bits per heavy atom. The largest absolute Gasteiger partial charge is 0.411 e. The molecule has 1 aromatic rings.